The number of benzene rings is 2. The molecule has 1 unspecified atom stereocenters. The van der Waals surface area contributed by atoms with E-state index < -0.39 is 5.82 Å². The largest absolute Gasteiger partial charge is 0.494 e. The van der Waals surface area contributed by atoms with Crippen LogP contribution in [0.2, 0.25) is 5.15 Å². The van der Waals surface area contributed by atoms with Gasteiger partial charge in [-0.1, -0.05) is 41.4 Å². The van der Waals surface area contributed by atoms with Crippen molar-refractivity contribution in [3.63, 3.8) is 0 Å². The van der Waals surface area contributed by atoms with Crippen LogP contribution >= 0.6 is 11.6 Å². The molecule has 1 N–H and O–H groups in total. The monoisotopic (exact) mass is 456 g/mol. The Labute approximate surface area is 190 Å². The fourth-order valence-electron chi connectivity index (χ4n) is 3.44. The van der Waals surface area contributed by atoms with E-state index in [2.05, 4.69) is 47.7 Å². The Morgan fingerprint density at radius 3 is 2.75 bits per heavy atom. The standard InChI is InChI=1S/C23H22ClFN4O3/c1-13-7-8-15(14(2)9-13)10-16-12-31-29-22(26-16)17-11-20(24)27-28-23(17)32-19-6-4-5-18(30-3)21(19)25/h4-9,11,16H,10,12H2,1-3H3,(H,26,29). The van der Waals surface area contributed by atoms with E-state index in [1.54, 1.807) is 6.07 Å². The van der Waals surface area contributed by atoms with E-state index >= 15 is 0 Å². The first kappa shape index (κ1) is 22.0. The van der Waals surface area contributed by atoms with Crippen molar-refractivity contribution >= 4 is 17.4 Å². The molecule has 0 saturated carbocycles. The Bertz CT molecular complexity index is 1170. The molecule has 1 atom stereocenters. The molecule has 2 heterocycles. The molecule has 0 bridgehead atoms. The topological polar surface area (TPSA) is 77.9 Å². The first-order chi connectivity index (χ1) is 15.4. The van der Waals surface area contributed by atoms with Gasteiger partial charge >= 0.3 is 0 Å². The first-order valence-electron chi connectivity index (χ1n) is 10.00. The Hall–Kier alpha value is -3.23. The molecule has 166 valence electrons. The number of nitrogens with one attached hydrogen (secondary N) is 1. The number of aryl methyl sites for hydroxylation is 2. The van der Waals surface area contributed by atoms with E-state index in [4.69, 9.17) is 30.9 Å². The van der Waals surface area contributed by atoms with Crippen molar-refractivity contribution in [1.82, 2.24) is 15.7 Å². The van der Waals surface area contributed by atoms with Crippen LogP contribution in [0.25, 0.3) is 0 Å². The van der Waals surface area contributed by atoms with Crippen molar-refractivity contribution in [3.05, 3.63) is 75.7 Å². The van der Waals surface area contributed by atoms with E-state index in [1.165, 1.54) is 42.0 Å². The maximum Gasteiger partial charge on any atom is 0.250 e. The number of nitrogens with zero attached hydrogens (tertiary/aromatic N) is 3. The maximum atomic E-state index is 14.6. The molecule has 7 nitrogen and oxygen atoms in total. The van der Waals surface area contributed by atoms with Gasteiger partial charge in [-0.05, 0) is 49.6 Å². The van der Waals surface area contributed by atoms with Crippen molar-refractivity contribution in [2.45, 2.75) is 26.3 Å². The molecule has 0 amide bonds. The number of hydroxylamine groups is 1. The highest BCUT2D eigenvalue weighted by molar-refractivity contribution is 6.29. The average Bonchev–Trinajstić information content (AvgIpc) is 2.78. The average molecular weight is 457 g/mol. The summed E-state index contributed by atoms with van der Waals surface area (Å²) >= 11 is 6.07. The van der Waals surface area contributed by atoms with Crippen molar-refractivity contribution < 1.29 is 18.7 Å². The van der Waals surface area contributed by atoms with Gasteiger partial charge in [-0.25, -0.2) is 5.48 Å². The SMILES string of the molecule is COc1cccc(Oc2nnc(Cl)cc2C2=NC(Cc3ccc(C)cc3C)CON2)c1F. The minimum Gasteiger partial charge on any atom is -0.494 e. The first-order valence-corrected chi connectivity index (χ1v) is 10.4. The van der Waals surface area contributed by atoms with Crippen molar-refractivity contribution in [1.29, 1.82) is 0 Å². The zero-order valence-corrected chi connectivity index (χ0v) is 18.6. The molecular weight excluding hydrogens is 435 g/mol. The van der Waals surface area contributed by atoms with Gasteiger partial charge in [0.05, 0.1) is 25.3 Å². The molecule has 32 heavy (non-hydrogen) atoms. The summed E-state index contributed by atoms with van der Waals surface area (Å²) in [6, 6.07) is 12.3. The molecule has 9 heteroatoms. The van der Waals surface area contributed by atoms with Gasteiger partial charge in [0, 0.05) is 0 Å². The summed E-state index contributed by atoms with van der Waals surface area (Å²) in [5.74, 6) is -0.257. The number of hydrogen-bond acceptors (Lipinski definition) is 7. The number of ether oxygens (including phenoxy) is 2. The van der Waals surface area contributed by atoms with E-state index in [9.17, 15) is 4.39 Å². The van der Waals surface area contributed by atoms with E-state index in [0.717, 1.165) is 0 Å². The second-order valence-corrected chi connectivity index (χ2v) is 7.83. The van der Waals surface area contributed by atoms with Crippen LogP contribution in [0, 0.1) is 19.7 Å². The number of hydrogen-bond donors (Lipinski definition) is 1. The molecule has 1 aliphatic rings. The van der Waals surface area contributed by atoms with E-state index in [0.29, 0.717) is 24.4 Å². The lowest BCUT2D eigenvalue weighted by Crippen LogP contribution is -2.37. The van der Waals surface area contributed by atoms with Crippen LogP contribution in [0.5, 0.6) is 17.4 Å². The zero-order valence-electron chi connectivity index (χ0n) is 17.9. The maximum absolute atomic E-state index is 14.6. The van der Waals surface area contributed by atoms with Crippen LogP contribution in [-0.4, -0.2) is 35.8 Å². The quantitative estimate of drug-likeness (QED) is 0.585. The van der Waals surface area contributed by atoms with Gasteiger partial charge in [0.1, 0.15) is 0 Å². The van der Waals surface area contributed by atoms with Crippen molar-refractivity contribution in [2.24, 2.45) is 4.99 Å². The lowest BCUT2D eigenvalue weighted by atomic mass is 9.99. The smallest absolute Gasteiger partial charge is 0.250 e. The molecule has 0 saturated heterocycles. The summed E-state index contributed by atoms with van der Waals surface area (Å²) < 4.78 is 25.3. The number of rotatable bonds is 6. The minimum absolute atomic E-state index is 0.0311. The van der Waals surface area contributed by atoms with Gasteiger partial charge in [-0.15, -0.1) is 10.2 Å². The summed E-state index contributed by atoms with van der Waals surface area (Å²) in [5, 5.41) is 7.95. The molecule has 0 radical (unpaired) electrons. The fourth-order valence-corrected chi connectivity index (χ4v) is 3.59. The predicted molar refractivity (Wildman–Crippen MR) is 119 cm³/mol. The molecule has 0 spiro atoms. The number of aromatic nitrogens is 2. The van der Waals surface area contributed by atoms with Gasteiger partial charge in [0.25, 0.3) is 0 Å². The number of halogens is 2. The number of aliphatic imine (C=N–C) groups is 1. The molecule has 1 aliphatic heterocycles. The molecule has 1 aromatic heterocycles. The van der Waals surface area contributed by atoms with Gasteiger partial charge in [0.15, 0.2) is 22.5 Å². The molecule has 4 rings (SSSR count). The normalized spacial score (nSPS) is 15.7. The highest BCUT2D eigenvalue weighted by Gasteiger charge is 2.23. The van der Waals surface area contributed by atoms with Crippen LogP contribution in [-0.2, 0) is 11.3 Å². The van der Waals surface area contributed by atoms with Crippen LogP contribution in [0.3, 0.4) is 0 Å². The Kier molecular flexibility index (Phi) is 6.53. The third-order valence-corrected chi connectivity index (χ3v) is 5.23. The summed E-state index contributed by atoms with van der Waals surface area (Å²) in [6.07, 6.45) is 0.699. The third kappa shape index (κ3) is 4.81. The van der Waals surface area contributed by atoms with Crippen LogP contribution in [0.4, 0.5) is 4.39 Å². The number of methoxy groups -OCH3 is 1. The summed E-state index contributed by atoms with van der Waals surface area (Å²) in [7, 11) is 1.38. The predicted octanol–water partition coefficient (Wildman–Crippen LogP) is 4.58. The summed E-state index contributed by atoms with van der Waals surface area (Å²) in [5.41, 5.74) is 6.79. The van der Waals surface area contributed by atoms with Gasteiger partial charge in [0.2, 0.25) is 11.7 Å². The van der Waals surface area contributed by atoms with Crippen LogP contribution in [0.1, 0.15) is 22.3 Å². The number of amidine groups is 1. The summed E-state index contributed by atoms with van der Waals surface area (Å²) in [6.45, 7) is 4.54. The Morgan fingerprint density at radius 1 is 1.16 bits per heavy atom. The molecule has 0 aliphatic carbocycles. The van der Waals surface area contributed by atoms with Gasteiger partial charge in [-0.2, -0.15) is 4.39 Å². The Balaban J connectivity index is 1.64. The van der Waals surface area contributed by atoms with Gasteiger partial charge in [-0.3, -0.25) is 9.83 Å². The minimum atomic E-state index is -0.653. The molecular formula is C23H22ClFN4O3. The Morgan fingerprint density at radius 2 is 1.97 bits per heavy atom. The molecule has 3 aromatic rings. The van der Waals surface area contributed by atoms with E-state index in [-0.39, 0.29) is 28.6 Å². The van der Waals surface area contributed by atoms with Crippen molar-refractivity contribution in [3.8, 4) is 17.4 Å². The molecule has 0 fully saturated rings. The molecule has 2 aromatic carbocycles. The lowest BCUT2D eigenvalue weighted by Gasteiger charge is -2.23. The van der Waals surface area contributed by atoms with Crippen LogP contribution < -0.4 is 15.0 Å². The second-order valence-electron chi connectivity index (χ2n) is 7.44. The lowest BCUT2D eigenvalue weighted by molar-refractivity contribution is 0.0623. The van der Waals surface area contributed by atoms with Crippen molar-refractivity contribution in [2.75, 3.05) is 13.7 Å². The second kappa shape index (κ2) is 9.50. The van der Waals surface area contributed by atoms with Crippen LogP contribution in [0.15, 0.2) is 47.5 Å². The zero-order chi connectivity index (χ0) is 22.7. The summed E-state index contributed by atoms with van der Waals surface area (Å²) in [4.78, 5) is 10.3. The fraction of sp³-hybridized carbons (Fsp3) is 0.261. The third-order valence-electron chi connectivity index (χ3n) is 5.05. The highest BCUT2D eigenvalue weighted by atomic mass is 35.5. The highest BCUT2D eigenvalue weighted by Crippen LogP contribution is 2.31. The van der Waals surface area contributed by atoms with Gasteiger partial charge < -0.3 is 9.47 Å². The van der Waals surface area contributed by atoms with E-state index in [1.807, 2.05) is 0 Å².